The van der Waals surface area contributed by atoms with Crippen molar-refractivity contribution in [3.63, 3.8) is 0 Å². The van der Waals surface area contributed by atoms with Gasteiger partial charge in [-0.15, -0.1) is 10.2 Å². The number of aromatic nitrogens is 3. The van der Waals surface area contributed by atoms with Crippen LogP contribution in [-0.2, 0) is 7.05 Å². The molecule has 20 heavy (non-hydrogen) atoms. The lowest BCUT2D eigenvalue weighted by Crippen LogP contribution is -2.40. The highest BCUT2D eigenvalue weighted by Crippen LogP contribution is 2.14. The Balaban J connectivity index is 1.72. The zero-order valence-corrected chi connectivity index (χ0v) is 12.5. The van der Waals surface area contributed by atoms with Gasteiger partial charge >= 0.3 is 6.03 Å². The van der Waals surface area contributed by atoms with Gasteiger partial charge in [-0.2, -0.15) is 0 Å². The van der Waals surface area contributed by atoms with Crippen molar-refractivity contribution in [2.75, 3.05) is 26.2 Å². The number of nitrogens with one attached hydrogen (secondary N) is 2. The molecule has 2 heterocycles. The molecule has 2 amide bonds. The number of carbonyl (C=O) groups excluding carboxylic acids is 1. The van der Waals surface area contributed by atoms with Crippen molar-refractivity contribution in [3.05, 3.63) is 12.2 Å². The first kappa shape index (κ1) is 14.8. The van der Waals surface area contributed by atoms with Crippen LogP contribution in [-0.4, -0.2) is 51.9 Å². The van der Waals surface area contributed by atoms with Crippen LogP contribution in [0.4, 0.5) is 4.79 Å². The zero-order valence-electron chi connectivity index (χ0n) is 12.5. The SMILES string of the molecule is CCN1CC[C@@H](CNC(=O)N[C@H](C)c2nncn2C)C1. The highest BCUT2D eigenvalue weighted by molar-refractivity contribution is 5.74. The lowest BCUT2D eigenvalue weighted by atomic mass is 10.1. The average Bonchev–Trinajstić information content (AvgIpc) is 3.04. The van der Waals surface area contributed by atoms with Crippen molar-refractivity contribution in [1.82, 2.24) is 30.3 Å². The maximum Gasteiger partial charge on any atom is 0.315 e. The molecule has 1 aliphatic rings. The molecule has 0 radical (unpaired) electrons. The lowest BCUT2D eigenvalue weighted by molar-refractivity contribution is 0.235. The van der Waals surface area contributed by atoms with E-state index in [4.69, 9.17) is 0 Å². The molecule has 0 unspecified atom stereocenters. The van der Waals surface area contributed by atoms with Gasteiger partial charge in [-0.25, -0.2) is 4.79 Å². The van der Waals surface area contributed by atoms with Crippen LogP contribution in [0.1, 0.15) is 32.1 Å². The predicted octanol–water partition coefficient (Wildman–Crippen LogP) is 0.517. The second kappa shape index (κ2) is 6.69. The number of nitrogens with zero attached hydrogens (tertiary/aromatic N) is 4. The number of hydrogen-bond acceptors (Lipinski definition) is 4. The summed E-state index contributed by atoms with van der Waals surface area (Å²) in [6.07, 6.45) is 2.79. The van der Waals surface area contributed by atoms with Gasteiger partial charge < -0.3 is 20.1 Å². The fourth-order valence-electron chi connectivity index (χ4n) is 2.60. The average molecular weight is 280 g/mol. The molecule has 1 saturated heterocycles. The summed E-state index contributed by atoms with van der Waals surface area (Å²) in [5.74, 6) is 1.31. The maximum absolute atomic E-state index is 11.9. The van der Waals surface area contributed by atoms with Crippen LogP contribution in [0.5, 0.6) is 0 Å². The molecule has 1 aromatic heterocycles. The number of hydrogen-bond donors (Lipinski definition) is 2. The van der Waals surface area contributed by atoms with Gasteiger partial charge in [-0.05, 0) is 32.4 Å². The molecule has 1 aliphatic heterocycles. The van der Waals surface area contributed by atoms with Crippen LogP contribution in [0.2, 0.25) is 0 Å². The second-order valence-corrected chi connectivity index (χ2v) is 5.42. The van der Waals surface area contributed by atoms with Crippen LogP contribution < -0.4 is 10.6 Å². The van der Waals surface area contributed by atoms with Crippen molar-refractivity contribution < 1.29 is 4.79 Å². The Morgan fingerprint density at radius 1 is 1.60 bits per heavy atom. The molecule has 0 aromatic carbocycles. The van der Waals surface area contributed by atoms with Gasteiger partial charge in [0, 0.05) is 20.1 Å². The van der Waals surface area contributed by atoms with E-state index in [1.807, 2.05) is 14.0 Å². The van der Waals surface area contributed by atoms with E-state index in [1.54, 1.807) is 10.9 Å². The Morgan fingerprint density at radius 3 is 3.00 bits per heavy atom. The van der Waals surface area contributed by atoms with Crippen molar-refractivity contribution in [3.8, 4) is 0 Å². The van der Waals surface area contributed by atoms with E-state index in [0.29, 0.717) is 5.92 Å². The van der Waals surface area contributed by atoms with Gasteiger partial charge in [0.15, 0.2) is 5.82 Å². The molecule has 2 N–H and O–H groups in total. The summed E-state index contributed by atoms with van der Waals surface area (Å²) in [6.45, 7) is 8.11. The van der Waals surface area contributed by atoms with E-state index in [9.17, 15) is 4.79 Å². The fourth-order valence-corrected chi connectivity index (χ4v) is 2.60. The summed E-state index contributed by atoms with van der Waals surface area (Å²) in [4.78, 5) is 14.3. The maximum atomic E-state index is 11.9. The lowest BCUT2D eigenvalue weighted by Gasteiger charge is -2.16. The normalized spacial score (nSPS) is 20.9. The molecule has 7 nitrogen and oxygen atoms in total. The van der Waals surface area contributed by atoms with Gasteiger partial charge in [-0.3, -0.25) is 0 Å². The molecule has 2 atom stereocenters. The minimum absolute atomic E-state index is 0.143. The number of rotatable bonds is 5. The van der Waals surface area contributed by atoms with Crippen LogP contribution in [0.3, 0.4) is 0 Å². The van der Waals surface area contributed by atoms with Crippen molar-refractivity contribution >= 4 is 6.03 Å². The quantitative estimate of drug-likeness (QED) is 0.824. The van der Waals surface area contributed by atoms with Crippen molar-refractivity contribution in [2.24, 2.45) is 13.0 Å². The molecule has 7 heteroatoms. The van der Waals surface area contributed by atoms with Crippen LogP contribution in [0.15, 0.2) is 6.33 Å². The van der Waals surface area contributed by atoms with Gasteiger partial charge in [0.25, 0.3) is 0 Å². The third-order valence-electron chi connectivity index (χ3n) is 3.85. The van der Waals surface area contributed by atoms with Gasteiger partial charge in [0.1, 0.15) is 6.33 Å². The van der Waals surface area contributed by atoms with Gasteiger partial charge in [-0.1, -0.05) is 6.92 Å². The summed E-state index contributed by atoms with van der Waals surface area (Å²) in [5.41, 5.74) is 0. The molecular formula is C13H24N6O. The van der Waals surface area contributed by atoms with Crippen molar-refractivity contribution in [2.45, 2.75) is 26.3 Å². The number of amides is 2. The Hall–Kier alpha value is -1.63. The van der Waals surface area contributed by atoms with E-state index in [0.717, 1.165) is 38.4 Å². The van der Waals surface area contributed by atoms with Crippen LogP contribution >= 0.6 is 0 Å². The molecule has 1 fully saturated rings. The van der Waals surface area contributed by atoms with E-state index in [-0.39, 0.29) is 12.1 Å². The molecule has 112 valence electrons. The number of aryl methyl sites for hydroxylation is 1. The highest BCUT2D eigenvalue weighted by atomic mass is 16.2. The summed E-state index contributed by atoms with van der Waals surface area (Å²) >= 11 is 0. The highest BCUT2D eigenvalue weighted by Gasteiger charge is 2.22. The minimum atomic E-state index is -0.154. The first-order valence-electron chi connectivity index (χ1n) is 7.20. The Kier molecular flexibility index (Phi) is 4.94. The number of carbonyl (C=O) groups is 1. The van der Waals surface area contributed by atoms with Gasteiger partial charge in [0.05, 0.1) is 6.04 Å². The van der Waals surface area contributed by atoms with E-state index in [2.05, 4.69) is 32.7 Å². The Bertz CT molecular complexity index is 446. The van der Waals surface area contributed by atoms with Crippen LogP contribution in [0.25, 0.3) is 0 Å². The molecule has 1 aromatic rings. The summed E-state index contributed by atoms with van der Waals surface area (Å²) in [5, 5.41) is 13.6. The largest absolute Gasteiger partial charge is 0.338 e. The summed E-state index contributed by atoms with van der Waals surface area (Å²) in [6, 6.07) is -0.298. The fraction of sp³-hybridized carbons (Fsp3) is 0.769. The minimum Gasteiger partial charge on any atom is -0.338 e. The molecular weight excluding hydrogens is 256 g/mol. The molecule has 0 spiro atoms. The van der Waals surface area contributed by atoms with E-state index >= 15 is 0 Å². The molecule has 0 bridgehead atoms. The van der Waals surface area contributed by atoms with E-state index in [1.165, 1.54) is 0 Å². The molecule has 2 rings (SSSR count). The van der Waals surface area contributed by atoms with Crippen LogP contribution in [0, 0.1) is 5.92 Å². The smallest absolute Gasteiger partial charge is 0.315 e. The van der Waals surface area contributed by atoms with Gasteiger partial charge in [0.2, 0.25) is 0 Å². The standard InChI is InChI=1S/C13H24N6O/c1-4-19-6-5-11(8-19)7-14-13(20)16-10(2)12-17-15-9-18(12)3/h9-11H,4-8H2,1-3H3,(H2,14,16,20)/t10-,11+/m1/s1. The zero-order chi connectivity index (χ0) is 14.5. The third-order valence-corrected chi connectivity index (χ3v) is 3.85. The number of urea groups is 1. The first-order valence-corrected chi connectivity index (χ1v) is 7.20. The first-order chi connectivity index (χ1) is 9.60. The van der Waals surface area contributed by atoms with E-state index < -0.39 is 0 Å². The predicted molar refractivity (Wildman–Crippen MR) is 76.2 cm³/mol. The Morgan fingerprint density at radius 2 is 2.40 bits per heavy atom. The van der Waals surface area contributed by atoms with Crippen molar-refractivity contribution in [1.29, 1.82) is 0 Å². The monoisotopic (exact) mass is 280 g/mol. The third kappa shape index (κ3) is 3.69. The second-order valence-electron chi connectivity index (χ2n) is 5.42. The topological polar surface area (TPSA) is 75.1 Å². The number of likely N-dealkylation sites (tertiary alicyclic amines) is 1. The molecule has 0 aliphatic carbocycles. The summed E-state index contributed by atoms with van der Waals surface area (Å²) < 4.78 is 1.81. The summed E-state index contributed by atoms with van der Waals surface area (Å²) in [7, 11) is 1.86. The molecule has 0 saturated carbocycles. The Labute approximate surface area is 119 Å².